The average Bonchev–Trinajstić information content (AvgIpc) is 2.62. The van der Waals surface area contributed by atoms with Gasteiger partial charge < -0.3 is 10.6 Å². The second-order valence-corrected chi connectivity index (χ2v) is 5.79. The van der Waals surface area contributed by atoms with E-state index in [2.05, 4.69) is 15.6 Å². The molecule has 5 heteroatoms. The van der Waals surface area contributed by atoms with Crippen molar-refractivity contribution in [1.29, 1.82) is 0 Å². The summed E-state index contributed by atoms with van der Waals surface area (Å²) >= 11 is 0. The lowest BCUT2D eigenvalue weighted by Gasteiger charge is -2.18. The molecule has 0 unspecified atom stereocenters. The van der Waals surface area contributed by atoms with Crippen molar-refractivity contribution in [2.75, 3.05) is 5.32 Å². The number of rotatable bonds is 5. The number of hydrogen-bond acceptors (Lipinski definition) is 3. The van der Waals surface area contributed by atoms with Gasteiger partial charge >= 0.3 is 0 Å². The SMILES string of the molecule is CC(=O)N[C@@H](CC(=O)Nc1cccc2ncccc12)c1ccccc1. The summed E-state index contributed by atoms with van der Waals surface area (Å²) in [5.41, 5.74) is 2.43. The first-order chi connectivity index (χ1) is 12.1. The minimum atomic E-state index is -0.369. The zero-order valence-corrected chi connectivity index (χ0v) is 13.9. The molecule has 25 heavy (non-hydrogen) atoms. The van der Waals surface area contributed by atoms with Crippen molar-refractivity contribution in [3.8, 4) is 0 Å². The fourth-order valence-electron chi connectivity index (χ4n) is 2.78. The predicted molar refractivity (Wildman–Crippen MR) is 98.0 cm³/mol. The van der Waals surface area contributed by atoms with E-state index in [4.69, 9.17) is 0 Å². The third-order valence-electron chi connectivity index (χ3n) is 3.89. The molecule has 1 atom stereocenters. The highest BCUT2D eigenvalue weighted by molar-refractivity contribution is 6.01. The van der Waals surface area contributed by atoms with Crippen LogP contribution in [0.25, 0.3) is 10.9 Å². The second-order valence-electron chi connectivity index (χ2n) is 5.79. The summed E-state index contributed by atoms with van der Waals surface area (Å²) in [6, 6.07) is 18.5. The Morgan fingerprint density at radius 2 is 1.80 bits per heavy atom. The minimum absolute atomic E-state index is 0.153. The Kier molecular flexibility index (Phi) is 5.04. The summed E-state index contributed by atoms with van der Waals surface area (Å²) in [6.45, 7) is 1.45. The molecule has 0 spiro atoms. The first-order valence-electron chi connectivity index (χ1n) is 8.09. The van der Waals surface area contributed by atoms with E-state index in [-0.39, 0.29) is 24.3 Å². The van der Waals surface area contributed by atoms with Gasteiger partial charge in [-0.2, -0.15) is 0 Å². The zero-order valence-electron chi connectivity index (χ0n) is 13.9. The Morgan fingerprint density at radius 1 is 1.00 bits per heavy atom. The van der Waals surface area contributed by atoms with Gasteiger partial charge in [0.1, 0.15) is 0 Å². The largest absolute Gasteiger partial charge is 0.349 e. The lowest BCUT2D eigenvalue weighted by molar-refractivity contribution is -0.120. The zero-order chi connectivity index (χ0) is 17.6. The minimum Gasteiger partial charge on any atom is -0.349 e. The van der Waals surface area contributed by atoms with Crippen LogP contribution >= 0.6 is 0 Å². The molecule has 2 amide bonds. The van der Waals surface area contributed by atoms with Crippen LogP contribution in [0.4, 0.5) is 5.69 Å². The van der Waals surface area contributed by atoms with Crippen LogP contribution in [-0.2, 0) is 9.59 Å². The molecule has 126 valence electrons. The van der Waals surface area contributed by atoms with Gasteiger partial charge in [0.15, 0.2) is 0 Å². The third kappa shape index (κ3) is 4.20. The van der Waals surface area contributed by atoms with Gasteiger partial charge in [0.05, 0.1) is 23.7 Å². The lowest BCUT2D eigenvalue weighted by atomic mass is 10.0. The van der Waals surface area contributed by atoms with Crippen LogP contribution < -0.4 is 10.6 Å². The van der Waals surface area contributed by atoms with Crippen molar-refractivity contribution >= 4 is 28.4 Å². The number of nitrogens with one attached hydrogen (secondary N) is 2. The molecule has 0 saturated heterocycles. The molecule has 2 N–H and O–H groups in total. The standard InChI is InChI=1S/C20H19N3O2/c1-14(24)22-19(15-7-3-2-4-8-15)13-20(25)23-18-11-5-10-17-16(18)9-6-12-21-17/h2-12,19H,13H2,1H3,(H,22,24)(H,23,25)/t19-/m0/s1. The van der Waals surface area contributed by atoms with E-state index >= 15 is 0 Å². The molecule has 0 radical (unpaired) electrons. The van der Waals surface area contributed by atoms with Crippen LogP contribution in [0.5, 0.6) is 0 Å². The Labute approximate surface area is 146 Å². The fourth-order valence-corrected chi connectivity index (χ4v) is 2.78. The predicted octanol–water partition coefficient (Wildman–Crippen LogP) is 3.44. The summed E-state index contributed by atoms with van der Waals surface area (Å²) in [7, 11) is 0. The maximum Gasteiger partial charge on any atom is 0.226 e. The van der Waals surface area contributed by atoms with E-state index in [9.17, 15) is 9.59 Å². The van der Waals surface area contributed by atoms with Crippen molar-refractivity contribution in [1.82, 2.24) is 10.3 Å². The monoisotopic (exact) mass is 333 g/mol. The summed E-state index contributed by atoms with van der Waals surface area (Å²) in [5, 5.41) is 6.65. The van der Waals surface area contributed by atoms with Gasteiger partial charge in [-0.15, -0.1) is 0 Å². The summed E-state index contributed by atoms with van der Waals surface area (Å²) < 4.78 is 0. The highest BCUT2D eigenvalue weighted by Crippen LogP contribution is 2.23. The van der Waals surface area contributed by atoms with Crippen molar-refractivity contribution in [2.24, 2.45) is 0 Å². The van der Waals surface area contributed by atoms with Gasteiger partial charge in [0, 0.05) is 18.5 Å². The van der Waals surface area contributed by atoms with Gasteiger partial charge in [-0.25, -0.2) is 0 Å². The molecule has 0 fully saturated rings. The number of benzene rings is 2. The van der Waals surface area contributed by atoms with Gasteiger partial charge in [-0.1, -0.05) is 36.4 Å². The van der Waals surface area contributed by atoms with E-state index in [1.54, 1.807) is 6.20 Å². The van der Waals surface area contributed by atoms with Crippen LogP contribution in [0.15, 0.2) is 66.9 Å². The van der Waals surface area contributed by atoms with Crippen LogP contribution in [0.3, 0.4) is 0 Å². The Bertz CT molecular complexity index is 888. The number of fused-ring (bicyclic) bond motifs is 1. The van der Waals surface area contributed by atoms with Gasteiger partial charge in [-0.05, 0) is 29.8 Å². The van der Waals surface area contributed by atoms with Gasteiger partial charge in [0.2, 0.25) is 11.8 Å². The molecule has 3 rings (SSSR count). The first-order valence-corrected chi connectivity index (χ1v) is 8.09. The summed E-state index contributed by atoms with van der Waals surface area (Å²) in [4.78, 5) is 28.3. The number of carbonyl (C=O) groups is 2. The molecule has 0 aliphatic carbocycles. The topological polar surface area (TPSA) is 71.1 Å². The average molecular weight is 333 g/mol. The highest BCUT2D eigenvalue weighted by Gasteiger charge is 2.17. The van der Waals surface area contributed by atoms with Crippen molar-refractivity contribution in [2.45, 2.75) is 19.4 Å². The van der Waals surface area contributed by atoms with Crippen molar-refractivity contribution < 1.29 is 9.59 Å². The number of aromatic nitrogens is 1. The normalized spacial score (nSPS) is 11.7. The van der Waals surface area contributed by atoms with Crippen molar-refractivity contribution in [3.63, 3.8) is 0 Å². The number of hydrogen-bond donors (Lipinski definition) is 2. The molecule has 0 saturated carbocycles. The van der Waals surface area contributed by atoms with Crippen LogP contribution in [0.2, 0.25) is 0 Å². The fraction of sp³-hybridized carbons (Fsp3) is 0.150. The second kappa shape index (κ2) is 7.57. The van der Waals surface area contributed by atoms with Crippen LogP contribution in [-0.4, -0.2) is 16.8 Å². The summed E-state index contributed by atoms with van der Waals surface area (Å²) in [5.74, 6) is -0.338. The summed E-state index contributed by atoms with van der Waals surface area (Å²) in [6.07, 6.45) is 1.87. The number of anilines is 1. The van der Waals surface area contributed by atoms with Gasteiger partial charge in [0.25, 0.3) is 0 Å². The number of nitrogens with zero attached hydrogens (tertiary/aromatic N) is 1. The van der Waals surface area contributed by atoms with E-state index in [1.807, 2.05) is 60.7 Å². The van der Waals surface area contributed by atoms with Gasteiger partial charge in [-0.3, -0.25) is 14.6 Å². The smallest absolute Gasteiger partial charge is 0.226 e. The van der Waals surface area contributed by atoms with Crippen LogP contribution in [0.1, 0.15) is 24.9 Å². The van der Waals surface area contributed by atoms with Crippen molar-refractivity contribution in [3.05, 3.63) is 72.4 Å². The Morgan fingerprint density at radius 3 is 2.56 bits per heavy atom. The van der Waals surface area contributed by atoms with E-state index < -0.39 is 0 Å². The lowest BCUT2D eigenvalue weighted by Crippen LogP contribution is -2.29. The molecule has 0 bridgehead atoms. The van der Waals surface area contributed by atoms with Crippen LogP contribution in [0, 0.1) is 0 Å². The van der Waals surface area contributed by atoms with E-state index in [1.165, 1.54) is 6.92 Å². The number of amides is 2. The quantitative estimate of drug-likeness (QED) is 0.751. The first kappa shape index (κ1) is 16.6. The Hall–Kier alpha value is -3.21. The molecule has 5 nitrogen and oxygen atoms in total. The number of pyridine rings is 1. The molecule has 2 aromatic carbocycles. The Balaban J connectivity index is 1.78. The molecule has 3 aromatic rings. The highest BCUT2D eigenvalue weighted by atomic mass is 16.2. The maximum atomic E-state index is 12.5. The third-order valence-corrected chi connectivity index (χ3v) is 3.89. The maximum absolute atomic E-state index is 12.5. The number of carbonyl (C=O) groups excluding carboxylic acids is 2. The molecule has 0 aliphatic rings. The van der Waals surface area contributed by atoms with E-state index in [0.717, 1.165) is 16.5 Å². The molecular formula is C20H19N3O2. The molecule has 1 heterocycles. The molecular weight excluding hydrogens is 314 g/mol. The molecule has 1 aromatic heterocycles. The molecule has 0 aliphatic heterocycles. The van der Waals surface area contributed by atoms with E-state index in [0.29, 0.717) is 5.69 Å².